The first-order chi connectivity index (χ1) is 12.0. The van der Waals surface area contributed by atoms with Gasteiger partial charge in [-0.3, -0.25) is 4.79 Å². The van der Waals surface area contributed by atoms with Crippen LogP contribution in [-0.2, 0) is 9.53 Å². The molecule has 1 aromatic heterocycles. The molecule has 0 bridgehead atoms. The summed E-state index contributed by atoms with van der Waals surface area (Å²) in [6, 6.07) is 11.2. The average Bonchev–Trinajstić information content (AvgIpc) is 3.15. The molecular formula is C16H12FN5O3. The number of hydrogen-bond acceptors (Lipinski definition) is 6. The molecule has 1 heterocycles. The summed E-state index contributed by atoms with van der Waals surface area (Å²) in [7, 11) is 0. The van der Waals surface area contributed by atoms with E-state index in [1.165, 1.54) is 35.3 Å². The highest BCUT2D eigenvalue weighted by atomic mass is 19.1. The van der Waals surface area contributed by atoms with Gasteiger partial charge in [-0.15, -0.1) is 5.10 Å². The Morgan fingerprint density at radius 1 is 1.08 bits per heavy atom. The Morgan fingerprint density at radius 2 is 1.76 bits per heavy atom. The average molecular weight is 341 g/mol. The van der Waals surface area contributed by atoms with Crippen molar-refractivity contribution in [3.8, 4) is 5.69 Å². The van der Waals surface area contributed by atoms with Crippen LogP contribution < -0.4 is 5.73 Å². The minimum absolute atomic E-state index is 0.213. The summed E-state index contributed by atoms with van der Waals surface area (Å²) in [4.78, 5) is 23.8. The largest absolute Gasteiger partial charge is 0.444 e. The predicted molar refractivity (Wildman–Crippen MR) is 82.9 cm³/mol. The second kappa shape index (κ2) is 6.87. The molecule has 0 aliphatic rings. The Hall–Kier alpha value is -3.62. The van der Waals surface area contributed by atoms with E-state index in [1.54, 1.807) is 12.1 Å². The molecule has 25 heavy (non-hydrogen) atoms. The third kappa shape index (κ3) is 3.66. The van der Waals surface area contributed by atoms with Crippen LogP contribution in [0.1, 0.15) is 22.0 Å². The number of halogens is 1. The van der Waals surface area contributed by atoms with Crippen LogP contribution in [0.3, 0.4) is 0 Å². The molecule has 8 nitrogen and oxygen atoms in total. The van der Waals surface area contributed by atoms with Gasteiger partial charge in [0.1, 0.15) is 12.1 Å². The summed E-state index contributed by atoms with van der Waals surface area (Å²) >= 11 is 0. The van der Waals surface area contributed by atoms with Gasteiger partial charge in [0, 0.05) is 5.56 Å². The van der Waals surface area contributed by atoms with Crippen LogP contribution in [0.25, 0.3) is 5.69 Å². The number of nitrogens with zero attached hydrogens (tertiary/aromatic N) is 4. The number of primary amides is 1. The van der Waals surface area contributed by atoms with Crippen molar-refractivity contribution < 1.29 is 18.7 Å². The Balaban J connectivity index is 1.77. The number of aromatic nitrogens is 4. The van der Waals surface area contributed by atoms with Crippen LogP contribution >= 0.6 is 0 Å². The number of hydrogen-bond donors (Lipinski definition) is 1. The maximum atomic E-state index is 13.0. The SMILES string of the molecule is NC(=O)C(OC(=O)c1ccc(-n2cnnn2)cc1)c1ccc(F)cc1. The normalized spacial score (nSPS) is 11.7. The van der Waals surface area contributed by atoms with Crippen molar-refractivity contribution in [3.63, 3.8) is 0 Å². The summed E-state index contributed by atoms with van der Waals surface area (Å²) in [6.45, 7) is 0. The number of nitrogens with two attached hydrogens (primary N) is 1. The first kappa shape index (κ1) is 16.2. The van der Waals surface area contributed by atoms with E-state index >= 15 is 0 Å². The number of amides is 1. The monoisotopic (exact) mass is 341 g/mol. The third-order valence-corrected chi connectivity index (χ3v) is 3.37. The second-order valence-corrected chi connectivity index (χ2v) is 5.04. The van der Waals surface area contributed by atoms with Gasteiger partial charge in [-0.25, -0.2) is 13.9 Å². The highest BCUT2D eigenvalue weighted by Crippen LogP contribution is 2.20. The van der Waals surface area contributed by atoms with Gasteiger partial charge in [-0.2, -0.15) is 0 Å². The lowest BCUT2D eigenvalue weighted by molar-refractivity contribution is -0.127. The standard InChI is InChI=1S/C16H12FN5O3/c17-12-5-1-10(2-6-12)14(15(18)23)25-16(24)11-3-7-13(8-4-11)22-9-19-20-21-22/h1-9,14H,(H2,18,23). The molecule has 0 spiro atoms. The van der Waals surface area contributed by atoms with Crippen molar-refractivity contribution in [2.45, 2.75) is 6.10 Å². The molecule has 1 amide bonds. The van der Waals surface area contributed by atoms with Crippen LogP contribution in [0.15, 0.2) is 54.9 Å². The zero-order valence-corrected chi connectivity index (χ0v) is 12.7. The molecule has 0 saturated heterocycles. The van der Waals surface area contributed by atoms with Crippen molar-refractivity contribution in [1.82, 2.24) is 20.2 Å². The minimum Gasteiger partial charge on any atom is -0.444 e. The van der Waals surface area contributed by atoms with Gasteiger partial charge < -0.3 is 10.5 Å². The van der Waals surface area contributed by atoms with Crippen LogP contribution in [0.5, 0.6) is 0 Å². The van der Waals surface area contributed by atoms with Crippen LogP contribution in [0, 0.1) is 5.82 Å². The Labute approximate surface area is 141 Å². The van der Waals surface area contributed by atoms with Crippen LogP contribution in [-0.4, -0.2) is 32.1 Å². The number of carbonyl (C=O) groups excluding carboxylic acids is 2. The highest BCUT2D eigenvalue weighted by molar-refractivity contribution is 5.92. The van der Waals surface area contributed by atoms with Gasteiger partial charge in [0.2, 0.25) is 6.10 Å². The molecule has 0 fully saturated rings. The van der Waals surface area contributed by atoms with Gasteiger partial charge in [0.25, 0.3) is 5.91 Å². The zero-order chi connectivity index (χ0) is 17.8. The van der Waals surface area contributed by atoms with E-state index in [-0.39, 0.29) is 11.1 Å². The Morgan fingerprint density at radius 3 is 2.32 bits per heavy atom. The Bertz CT molecular complexity index is 879. The lowest BCUT2D eigenvalue weighted by Gasteiger charge is -2.15. The van der Waals surface area contributed by atoms with Crippen molar-refractivity contribution >= 4 is 11.9 Å². The molecule has 1 unspecified atom stereocenters. The number of esters is 1. The number of tetrazole rings is 1. The van der Waals surface area contributed by atoms with Crippen LogP contribution in [0.4, 0.5) is 4.39 Å². The first-order valence-corrected chi connectivity index (χ1v) is 7.14. The molecule has 1 atom stereocenters. The molecule has 0 aliphatic carbocycles. The van der Waals surface area contributed by atoms with Crippen molar-refractivity contribution in [2.24, 2.45) is 5.73 Å². The highest BCUT2D eigenvalue weighted by Gasteiger charge is 2.23. The first-order valence-electron chi connectivity index (χ1n) is 7.14. The molecular weight excluding hydrogens is 329 g/mol. The van der Waals surface area contributed by atoms with Gasteiger partial charge in [0.15, 0.2) is 0 Å². The van der Waals surface area contributed by atoms with Gasteiger partial charge in [-0.1, -0.05) is 12.1 Å². The fourth-order valence-electron chi connectivity index (χ4n) is 2.13. The molecule has 126 valence electrons. The molecule has 2 aromatic carbocycles. The minimum atomic E-state index is -1.31. The van der Waals surface area contributed by atoms with E-state index in [4.69, 9.17) is 10.5 Å². The number of rotatable bonds is 5. The quantitative estimate of drug-likeness (QED) is 0.697. The van der Waals surface area contributed by atoms with E-state index in [0.717, 1.165) is 12.1 Å². The maximum absolute atomic E-state index is 13.0. The number of carbonyl (C=O) groups is 2. The molecule has 9 heteroatoms. The summed E-state index contributed by atoms with van der Waals surface area (Å²) in [6.07, 6.45) is 0.0950. The topological polar surface area (TPSA) is 113 Å². The lowest BCUT2D eigenvalue weighted by atomic mass is 10.1. The van der Waals surface area contributed by atoms with E-state index in [2.05, 4.69) is 15.5 Å². The fraction of sp³-hybridized carbons (Fsp3) is 0.0625. The smallest absolute Gasteiger partial charge is 0.339 e. The van der Waals surface area contributed by atoms with Gasteiger partial charge >= 0.3 is 5.97 Å². The van der Waals surface area contributed by atoms with Crippen molar-refractivity contribution in [3.05, 3.63) is 71.8 Å². The van der Waals surface area contributed by atoms with E-state index in [0.29, 0.717) is 5.69 Å². The number of ether oxygens (including phenoxy) is 1. The lowest BCUT2D eigenvalue weighted by Crippen LogP contribution is -2.26. The second-order valence-electron chi connectivity index (χ2n) is 5.04. The third-order valence-electron chi connectivity index (χ3n) is 3.37. The van der Waals surface area contributed by atoms with E-state index in [1.807, 2.05) is 0 Å². The van der Waals surface area contributed by atoms with Gasteiger partial charge in [0.05, 0.1) is 11.3 Å². The van der Waals surface area contributed by atoms with Crippen molar-refractivity contribution in [2.75, 3.05) is 0 Å². The summed E-state index contributed by atoms with van der Waals surface area (Å²) in [5.74, 6) is -2.07. The zero-order valence-electron chi connectivity index (χ0n) is 12.7. The Kier molecular flexibility index (Phi) is 4.46. The molecule has 0 saturated carbocycles. The molecule has 3 rings (SSSR count). The summed E-state index contributed by atoms with van der Waals surface area (Å²) in [5.41, 5.74) is 6.43. The molecule has 2 N–H and O–H groups in total. The maximum Gasteiger partial charge on any atom is 0.339 e. The van der Waals surface area contributed by atoms with Crippen LogP contribution in [0.2, 0.25) is 0 Å². The molecule has 3 aromatic rings. The van der Waals surface area contributed by atoms with Gasteiger partial charge in [-0.05, 0) is 46.8 Å². The molecule has 0 aliphatic heterocycles. The number of benzene rings is 2. The predicted octanol–water partition coefficient (Wildman–Crippen LogP) is 1.18. The summed E-state index contributed by atoms with van der Waals surface area (Å²) < 4.78 is 19.6. The van der Waals surface area contributed by atoms with Crippen molar-refractivity contribution in [1.29, 1.82) is 0 Å². The van der Waals surface area contributed by atoms with E-state index in [9.17, 15) is 14.0 Å². The summed E-state index contributed by atoms with van der Waals surface area (Å²) in [5, 5.41) is 10.8. The van der Waals surface area contributed by atoms with E-state index < -0.39 is 23.8 Å². The molecule has 0 radical (unpaired) electrons. The fourth-order valence-corrected chi connectivity index (χ4v) is 2.13.